The van der Waals surface area contributed by atoms with Crippen LogP contribution in [0.3, 0.4) is 0 Å². The van der Waals surface area contributed by atoms with Crippen molar-refractivity contribution in [3.63, 3.8) is 0 Å². The maximum absolute atomic E-state index is 13.4. The summed E-state index contributed by atoms with van der Waals surface area (Å²) >= 11 is 0. The van der Waals surface area contributed by atoms with Crippen LogP contribution in [0.4, 0.5) is 4.39 Å². The summed E-state index contributed by atoms with van der Waals surface area (Å²) in [4.78, 5) is 15.0. The van der Waals surface area contributed by atoms with E-state index < -0.39 is 6.10 Å². The number of halogens is 1. The van der Waals surface area contributed by atoms with Gasteiger partial charge in [0.1, 0.15) is 5.82 Å². The molecule has 1 amide bonds. The van der Waals surface area contributed by atoms with Gasteiger partial charge in [-0.3, -0.25) is 4.79 Å². The fourth-order valence-electron chi connectivity index (χ4n) is 3.71. The van der Waals surface area contributed by atoms with Gasteiger partial charge < -0.3 is 9.64 Å². The van der Waals surface area contributed by atoms with Crippen LogP contribution < -0.4 is 0 Å². The number of amides is 1. The molecule has 25 heavy (non-hydrogen) atoms. The summed E-state index contributed by atoms with van der Waals surface area (Å²) < 4.78 is 18.9. The van der Waals surface area contributed by atoms with Gasteiger partial charge in [0.2, 0.25) is 0 Å². The summed E-state index contributed by atoms with van der Waals surface area (Å²) in [6, 6.07) is 14.4. The Hall–Kier alpha value is -2.62. The van der Waals surface area contributed by atoms with E-state index >= 15 is 0 Å². The maximum Gasteiger partial charge on any atom is 0.264 e. The molecule has 0 saturated carbocycles. The Morgan fingerprint density at radius 3 is 2.68 bits per heavy atom. The predicted molar refractivity (Wildman–Crippen MR) is 93.3 cm³/mol. The van der Waals surface area contributed by atoms with Gasteiger partial charge in [-0.1, -0.05) is 36.4 Å². The SMILES string of the molecule is O=C([C@@H]1CCC=CO1)N1CCc2ccccc2[C@@H]1c1ccc(F)cc1. The molecule has 2 aromatic rings. The second-order valence-corrected chi connectivity index (χ2v) is 6.51. The molecule has 3 nitrogen and oxygen atoms in total. The molecule has 128 valence electrons. The molecule has 0 aliphatic carbocycles. The van der Waals surface area contributed by atoms with E-state index in [2.05, 4.69) is 12.1 Å². The molecule has 0 bridgehead atoms. The van der Waals surface area contributed by atoms with E-state index in [0.717, 1.165) is 24.0 Å². The molecule has 4 heteroatoms. The van der Waals surface area contributed by atoms with Crippen LogP contribution in [0.15, 0.2) is 60.9 Å². The minimum atomic E-state index is -0.432. The van der Waals surface area contributed by atoms with Crippen molar-refractivity contribution in [2.24, 2.45) is 0 Å². The monoisotopic (exact) mass is 337 g/mol. The van der Waals surface area contributed by atoms with Crippen molar-refractivity contribution in [2.75, 3.05) is 6.54 Å². The molecule has 0 fully saturated rings. The lowest BCUT2D eigenvalue weighted by Crippen LogP contribution is -2.46. The molecule has 4 rings (SSSR count). The Morgan fingerprint density at radius 2 is 1.92 bits per heavy atom. The van der Waals surface area contributed by atoms with Gasteiger partial charge in [-0.2, -0.15) is 0 Å². The highest BCUT2D eigenvalue weighted by Gasteiger charge is 2.35. The smallest absolute Gasteiger partial charge is 0.264 e. The van der Waals surface area contributed by atoms with Gasteiger partial charge in [-0.05, 0) is 54.2 Å². The third kappa shape index (κ3) is 3.04. The zero-order chi connectivity index (χ0) is 17.2. The minimum absolute atomic E-state index is 0.00757. The van der Waals surface area contributed by atoms with Gasteiger partial charge in [0.15, 0.2) is 6.10 Å². The number of ether oxygens (including phenoxy) is 1. The first-order valence-corrected chi connectivity index (χ1v) is 8.68. The first-order valence-electron chi connectivity index (χ1n) is 8.68. The predicted octanol–water partition coefficient (Wildman–Crippen LogP) is 3.99. The van der Waals surface area contributed by atoms with E-state index in [1.54, 1.807) is 18.4 Å². The average Bonchev–Trinajstić information content (AvgIpc) is 2.68. The van der Waals surface area contributed by atoms with Crippen LogP contribution in [0.2, 0.25) is 0 Å². The fraction of sp³-hybridized carbons (Fsp3) is 0.286. The number of rotatable bonds is 2. The molecule has 0 radical (unpaired) electrons. The number of carbonyl (C=O) groups excluding carboxylic acids is 1. The number of allylic oxidation sites excluding steroid dienone is 1. The van der Waals surface area contributed by atoms with Crippen molar-refractivity contribution >= 4 is 5.91 Å². The van der Waals surface area contributed by atoms with Crippen LogP contribution in [0.25, 0.3) is 0 Å². The molecule has 0 unspecified atom stereocenters. The third-order valence-corrected chi connectivity index (χ3v) is 4.96. The molecular weight excluding hydrogens is 317 g/mol. The lowest BCUT2D eigenvalue weighted by atomic mass is 9.87. The van der Waals surface area contributed by atoms with Gasteiger partial charge in [-0.25, -0.2) is 4.39 Å². The Balaban J connectivity index is 1.73. The second kappa shape index (κ2) is 6.71. The van der Waals surface area contributed by atoms with Crippen molar-refractivity contribution in [2.45, 2.75) is 31.4 Å². The van der Waals surface area contributed by atoms with Gasteiger partial charge in [-0.15, -0.1) is 0 Å². The summed E-state index contributed by atoms with van der Waals surface area (Å²) in [5.41, 5.74) is 3.28. The van der Waals surface area contributed by atoms with E-state index in [1.165, 1.54) is 17.7 Å². The van der Waals surface area contributed by atoms with E-state index in [0.29, 0.717) is 13.0 Å². The molecule has 2 atom stereocenters. The first-order chi connectivity index (χ1) is 12.2. The Labute approximate surface area is 146 Å². The van der Waals surface area contributed by atoms with Crippen LogP contribution in [0, 0.1) is 5.82 Å². The number of fused-ring (bicyclic) bond motifs is 1. The van der Waals surface area contributed by atoms with E-state index in [4.69, 9.17) is 4.74 Å². The average molecular weight is 337 g/mol. The van der Waals surface area contributed by atoms with Gasteiger partial charge in [0.05, 0.1) is 12.3 Å². The highest BCUT2D eigenvalue weighted by Crippen LogP contribution is 2.36. The van der Waals surface area contributed by atoms with Gasteiger partial charge >= 0.3 is 0 Å². The zero-order valence-electron chi connectivity index (χ0n) is 13.9. The van der Waals surface area contributed by atoms with E-state index in [-0.39, 0.29) is 17.8 Å². The topological polar surface area (TPSA) is 29.5 Å². The van der Waals surface area contributed by atoms with Gasteiger partial charge in [0, 0.05) is 6.54 Å². The molecule has 2 heterocycles. The summed E-state index contributed by atoms with van der Waals surface area (Å²) in [5, 5.41) is 0. The number of hydrogen-bond acceptors (Lipinski definition) is 2. The molecule has 2 aliphatic heterocycles. The summed E-state index contributed by atoms with van der Waals surface area (Å²) in [6.07, 6.45) is 5.50. The third-order valence-electron chi connectivity index (χ3n) is 4.96. The minimum Gasteiger partial charge on any atom is -0.489 e. The Morgan fingerprint density at radius 1 is 1.12 bits per heavy atom. The van der Waals surface area contributed by atoms with Crippen molar-refractivity contribution in [3.05, 3.63) is 83.4 Å². The highest BCUT2D eigenvalue weighted by atomic mass is 19.1. The first kappa shape index (κ1) is 15.9. The standard InChI is InChI=1S/C21H20FNO2/c22-17-10-8-16(9-11-17)20-18-6-2-1-5-15(18)12-13-23(20)21(24)19-7-3-4-14-25-19/h1-2,4-6,8-11,14,19-20H,3,7,12-13H2/t19-,20-/m0/s1. The van der Waals surface area contributed by atoms with E-state index in [9.17, 15) is 9.18 Å². The van der Waals surface area contributed by atoms with Gasteiger partial charge in [0.25, 0.3) is 5.91 Å². The van der Waals surface area contributed by atoms with Crippen LogP contribution in [0.5, 0.6) is 0 Å². The Bertz CT molecular complexity index is 800. The second-order valence-electron chi connectivity index (χ2n) is 6.51. The summed E-state index contributed by atoms with van der Waals surface area (Å²) in [6.45, 7) is 0.640. The number of nitrogens with zero attached hydrogens (tertiary/aromatic N) is 1. The summed E-state index contributed by atoms with van der Waals surface area (Å²) in [7, 11) is 0. The fourth-order valence-corrected chi connectivity index (χ4v) is 3.71. The lowest BCUT2D eigenvalue weighted by Gasteiger charge is -2.39. The summed E-state index contributed by atoms with van der Waals surface area (Å²) in [5.74, 6) is -0.264. The van der Waals surface area contributed by atoms with Crippen LogP contribution in [0.1, 0.15) is 35.6 Å². The molecule has 2 aliphatic rings. The van der Waals surface area contributed by atoms with E-state index in [1.807, 2.05) is 23.1 Å². The zero-order valence-corrected chi connectivity index (χ0v) is 13.9. The molecule has 0 spiro atoms. The molecule has 0 aromatic heterocycles. The van der Waals surface area contributed by atoms with Crippen LogP contribution in [-0.2, 0) is 16.0 Å². The van der Waals surface area contributed by atoms with Crippen molar-refractivity contribution in [1.82, 2.24) is 4.90 Å². The molecular formula is C21H20FNO2. The molecule has 0 N–H and O–H groups in total. The molecule has 2 aromatic carbocycles. The number of carbonyl (C=O) groups is 1. The largest absolute Gasteiger partial charge is 0.489 e. The molecule has 0 saturated heterocycles. The Kier molecular flexibility index (Phi) is 4.26. The normalized spacial score (nSPS) is 22.2. The number of benzene rings is 2. The lowest BCUT2D eigenvalue weighted by molar-refractivity contribution is -0.143. The van der Waals surface area contributed by atoms with Crippen molar-refractivity contribution < 1.29 is 13.9 Å². The quantitative estimate of drug-likeness (QED) is 0.829. The van der Waals surface area contributed by atoms with Crippen molar-refractivity contribution in [1.29, 1.82) is 0 Å². The van der Waals surface area contributed by atoms with Crippen LogP contribution in [-0.4, -0.2) is 23.5 Å². The van der Waals surface area contributed by atoms with Crippen LogP contribution >= 0.6 is 0 Å². The number of hydrogen-bond donors (Lipinski definition) is 0. The maximum atomic E-state index is 13.4. The van der Waals surface area contributed by atoms with Crippen molar-refractivity contribution in [3.8, 4) is 0 Å². The highest BCUT2D eigenvalue weighted by molar-refractivity contribution is 5.82.